The van der Waals surface area contributed by atoms with Gasteiger partial charge in [-0.1, -0.05) is 23.4 Å². The third-order valence-corrected chi connectivity index (χ3v) is 4.99. The van der Waals surface area contributed by atoms with Crippen LogP contribution in [-0.4, -0.2) is 24.7 Å². The zero-order valence-electron chi connectivity index (χ0n) is 13.1. The molecule has 2 aromatic heterocycles. The number of quaternary nitrogens is 1. The number of carbonyl (C=O) groups excluding carboxylic acids is 1. The van der Waals surface area contributed by atoms with Crippen LogP contribution in [0.2, 0.25) is 0 Å². The third kappa shape index (κ3) is 4.31. The van der Waals surface area contributed by atoms with Gasteiger partial charge in [0.25, 0.3) is 5.91 Å². The second-order valence-electron chi connectivity index (χ2n) is 5.50. The number of benzene rings is 1. The number of nitrogens with one attached hydrogen (secondary N) is 2. The van der Waals surface area contributed by atoms with Crippen LogP contribution in [-0.2, 0) is 11.3 Å². The van der Waals surface area contributed by atoms with E-state index in [2.05, 4.69) is 26.4 Å². The lowest BCUT2D eigenvalue weighted by atomic mass is 10.3. The zero-order valence-corrected chi connectivity index (χ0v) is 15.5. The van der Waals surface area contributed by atoms with E-state index in [9.17, 15) is 4.79 Å². The summed E-state index contributed by atoms with van der Waals surface area (Å²) < 4.78 is 6.24. The molecule has 1 atom stereocenters. The van der Waals surface area contributed by atoms with Crippen LogP contribution in [0, 0.1) is 0 Å². The fraction of sp³-hybridized carbons (Fsp3) is 0.176. The Morgan fingerprint density at radius 3 is 2.92 bits per heavy atom. The Morgan fingerprint density at radius 2 is 2.17 bits per heavy atom. The average molecular weight is 407 g/mol. The van der Waals surface area contributed by atoms with Crippen LogP contribution in [0.25, 0.3) is 10.6 Å². The minimum Gasteiger partial charge on any atom is -0.355 e. The highest BCUT2D eigenvalue weighted by atomic mass is 79.9. The van der Waals surface area contributed by atoms with Crippen molar-refractivity contribution in [2.75, 3.05) is 18.9 Å². The minimum atomic E-state index is -0.0404. The monoisotopic (exact) mass is 406 g/mol. The van der Waals surface area contributed by atoms with E-state index in [-0.39, 0.29) is 5.91 Å². The summed E-state index contributed by atoms with van der Waals surface area (Å²) in [6.07, 6.45) is 0. The van der Waals surface area contributed by atoms with Gasteiger partial charge in [-0.05, 0) is 39.5 Å². The molecule has 0 bridgehead atoms. The van der Waals surface area contributed by atoms with Crippen molar-refractivity contribution in [3.8, 4) is 10.6 Å². The molecular formula is C17H17BrN3O2S+. The number of hydrogen-bond donors (Lipinski definition) is 2. The number of anilines is 1. The number of nitrogens with zero attached hydrogens (tertiary/aromatic N) is 1. The number of rotatable bonds is 6. The Kier molecular flexibility index (Phi) is 5.44. The summed E-state index contributed by atoms with van der Waals surface area (Å²) in [5.41, 5.74) is 1.61. The van der Waals surface area contributed by atoms with Crippen molar-refractivity contribution in [3.05, 3.63) is 58.0 Å². The Morgan fingerprint density at radius 1 is 1.33 bits per heavy atom. The van der Waals surface area contributed by atoms with Crippen molar-refractivity contribution < 1.29 is 14.2 Å². The van der Waals surface area contributed by atoms with Gasteiger partial charge in [-0.2, -0.15) is 0 Å². The van der Waals surface area contributed by atoms with Crippen molar-refractivity contribution in [2.24, 2.45) is 0 Å². The van der Waals surface area contributed by atoms with Gasteiger partial charge in [0.05, 0.1) is 17.6 Å². The van der Waals surface area contributed by atoms with E-state index < -0.39 is 0 Å². The average Bonchev–Trinajstić information content (AvgIpc) is 3.20. The zero-order chi connectivity index (χ0) is 16.9. The second-order valence-corrected chi connectivity index (χ2v) is 7.30. The summed E-state index contributed by atoms with van der Waals surface area (Å²) >= 11 is 5.04. The number of halogens is 1. The number of carbonyl (C=O) groups is 1. The first-order chi connectivity index (χ1) is 11.6. The third-order valence-electron chi connectivity index (χ3n) is 3.42. The number of likely N-dealkylation sites (N-methyl/N-ethyl adjacent to an activating group) is 1. The molecule has 0 radical (unpaired) electrons. The van der Waals surface area contributed by atoms with E-state index >= 15 is 0 Å². The van der Waals surface area contributed by atoms with Crippen molar-refractivity contribution in [3.63, 3.8) is 0 Å². The first-order valence-corrected chi connectivity index (χ1v) is 9.14. The predicted octanol–water partition coefficient (Wildman–Crippen LogP) is 2.82. The Bertz CT molecular complexity index is 817. The van der Waals surface area contributed by atoms with Gasteiger partial charge >= 0.3 is 0 Å². The fourth-order valence-corrected chi connectivity index (χ4v) is 3.39. The van der Waals surface area contributed by atoms with Crippen LogP contribution >= 0.6 is 27.3 Å². The smallest absolute Gasteiger partial charge is 0.279 e. The first-order valence-electron chi connectivity index (χ1n) is 7.47. The Labute approximate surface area is 152 Å². The first kappa shape index (κ1) is 16.9. The molecule has 124 valence electrons. The van der Waals surface area contributed by atoms with Crippen molar-refractivity contribution >= 4 is 38.9 Å². The molecule has 0 saturated heterocycles. The van der Waals surface area contributed by atoms with Gasteiger partial charge in [-0.15, -0.1) is 11.3 Å². The van der Waals surface area contributed by atoms with E-state index in [1.54, 1.807) is 11.3 Å². The quantitative estimate of drug-likeness (QED) is 0.661. The van der Waals surface area contributed by atoms with Crippen LogP contribution < -0.4 is 10.2 Å². The molecule has 1 aromatic carbocycles. The summed E-state index contributed by atoms with van der Waals surface area (Å²) in [5, 5.41) is 9.00. The van der Waals surface area contributed by atoms with E-state index in [1.165, 1.54) is 0 Å². The summed E-state index contributed by atoms with van der Waals surface area (Å²) in [4.78, 5) is 14.2. The number of hydrogen-bond acceptors (Lipinski definition) is 4. The topological polar surface area (TPSA) is 59.6 Å². The Hall–Kier alpha value is -1.96. The number of aromatic nitrogens is 1. The van der Waals surface area contributed by atoms with Crippen LogP contribution in [0.3, 0.4) is 0 Å². The maximum atomic E-state index is 12.2. The Balaban J connectivity index is 1.55. The molecule has 0 saturated carbocycles. The molecule has 0 aliphatic carbocycles. The summed E-state index contributed by atoms with van der Waals surface area (Å²) in [6, 6.07) is 13.5. The molecule has 3 rings (SSSR count). The molecule has 2 N–H and O–H groups in total. The highest BCUT2D eigenvalue weighted by Crippen LogP contribution is 2.24. The molecular weight excluding hydrogens is 390 g/mol. The van der Waals surface area contributed by atoms with Gasteiger partial charge < -0.3 is 14.7 Å². The van der Waals surface area contributed by atoms with Gasteiger partial charge in [0.2, 0.25) is 0 Å². The van der Waals surface area contributed by atoms with Gasteiger partial charge in [-0.3, -0.25) is 4.79 Å². The molecule has 3 aromatic rings. The highest BCUT2D eigenvalue weighted by Gasteiger charge is 2.15. The normalized spacial score (nSPS) is 12.1. The predicted molar refractivity (Wildman–Crippen MR) is 98.0 cm³/mol. The maximum Gasteiger partial charge on any atom is 0.279 e. The van der Waals surface area contributed by atoms with Crippen LogP contribution in [0.15, 0.2) is 56.8 Å². The molecule has 1 unspecified atom stereocenters. The molecule has 0 aliphatic rings. The van der Waals surface area contributed by atoms with Gasteiger partial charge in [0, 0.05) is 10.5 Å². The van der Waals surface area contributed by atoms with Gasteiger partial charge in [0.15, 0.2) is 12.3 Å². The van der Waals surface area contributed by atoms with Crippen molar-refractivity contribution in [1.82, 2.24) is 5.16 Å². The molecule has 5 nitrogen and oxygen atoms in total. The second kappa shape index (κ2) is 7.74. The highest BCUT2D eigenvalue weighted by molar-refractivity contribution is 9.10. The van der Waals surface area contributed by atoms with Crippen molar-refractivity contribution in [1.29, 1.82) is 0 Å². The van der Waals surface area contributed by atoms with E-state index in [0.717, 1.165) is 31.4 Å². The van der Waals surface area contributed by atoms with Gasteiger partial charge in [-0.25, -0.2) is 0 Å². The van der Waals surface area contributed by atoms with Crippen LogP contribution in [0.4, 0.5) is 5.69 Å². The maximum absolute atomic E-state index is 12.2. The standard InChI is InChI=1S/C17H16BrN3O2S/c1-21(11-17(22)19-14-6-3-2-5-13(14)18)10-12-9-15(23-20-12)16-7-4-8-24-16/h2-9H,10-11H2,1H3,(H,19,22)/p+1. The summed E-state index contributed by atoms with van der Waals surface area (Å²) in [6.45, 7) is 0.973. The van der Waals surface area contributed by atoms with Crippen LogP contribution in [0.1, 0.15) is 5.69 Å². The molecule has 0 fully saturated rings. The number of amides is 1. The van der Waals surface area contributed by atoms with E-state index in [0.29, 0.717) is 13.1 Å². The molecule has 24 heavy (non-hydrogen) atoms. The summed E-state index contributed by atoms with van der Waals surface area (Å²) in [7, 11) is 1.96. The SMILES string of the molecule is C[NH+](CC(=O)Nc1ccccc1Br)Cc1cc(-c2cccs2)on1. The van der Waals surface area contributed by atoms with Crippen LogP contribution in [0.5, 0.6) is 0 Å². The van der Waals surface area contributed by atoms with E-state index in [1.807, 2.05) is 54.9 Å². The molecule has 1 amide bonds. The number of para-hydroxylation sites is 1. The molecule has 0 spiro atoms. The largest absolute Gasteiger partial charge is 0.355 e. The number of thiophene rings is 1. The van der Waals surface area contributed by atoms with E-state index in [4.69, 9.17) is 4.52 Å². The van der Waals surface area contributed by atoms with Gasteiger partial charge in [0.1, 0.15) is 12.2 Å². The summed E-state index contributed by atoms with van der Waals surface area (Å²) in [5.74, 6) is 0.729. The van der Waals surface area contributed by atoms with Crippen molar-refractivity contribution in [2.45, 2.75) is 6.54 Å². The molecule has 0 aliphatic heterocycles. The lowest BCUT2D eigenvalue weighted by molar-refractivity contribution is -0.885. The lowest BCUT2D eigenvalue weighted by Gasteiger charge is -2.12. The lowest BCUT2D eigenvalue weighted by Crippen LogP contribution is -3.08. The minimum absolute atomic E-state index is 0.0404. The molecule has 2 heterocycles. The molecule has 7 heteroatoms. The fourth-order valence-electron chi connectivity index (χ4n) is 2.33.